The predicted molar refractivity (Wildman–Crippen MR) is 115 cm³/mol. The second-order valence-corrected chi connectivity index (χ2v) is 7.29. The van der Waals surface area contributed by atoms with Gasteiger partial charge in [0.15, 0.2) is 0 Å². The van der Waals surface area contributed by atoms with E-state index in [2.05, 4.69) is 53.3 Å². The first kappa shape index (κ1) is 20.1. The first-order chi connectivity index (χ1) is 13.7. The Bertz CT molecular complexity index is 782. The van der Waals surface area contributed by atoms with Crippen molar-refractivity contribution in [3.8, 4) is 0 Å². The molecular weight excluding hydrogens is 348 g/mol. The monoisotopic (exact) mass is 378 g/mol. The maximum atomic E-state index is 12.8. The number of hydrogen-bond donors (Lipinski definition) is 1. The van der Waals surface area contributed by atoms with Crippen molar-refractivity contribution < 1.29 is 4.79 Å². The van der Waals surface area contributed by atoms with Crippen LogP contribution >= 0.6 is 0 Å². The summed E-state index contributed by atoms with van der Waals surface area (Å²) in [5, 5.41) is 3.41. The highest BCUT2D eigenvalue weighted by Gasteiger charge is 2.22. The Morgan fingerprint density at radius 1 is 1.18 bits per heavy atom. The van der Waals surface area contributed by atoms with Gasteiger partial charge in [0.05, 0.1) is 0 Å². The summed E-state index contributed by atoms with van der Waals surface area (Å²) >= 11 is 0. The summed E-state index contributed by atoms with van der Waals surface area (Å²) in [7, 11) is 0. The zero-order valence-corrected chi connectivity index (χ0v) is 16.8. The Balaban J connectivity index is 1.50. The Morgan fingerprint density at radius 2 is 1.93 bits per heavy atom. The van der Waals surface area contributed by atoms with Crippen molar-refractivity contribution in [2.75, 3.05) is 38.0 Å². The molecule has 1 aliphatic heterocycles. The average molecular weight is 379 g/mol. The van der Waals surface area contributed by atoms with Crippen molar-refractivity contribution in [1.29, 1.82) is 0 Å². The lowest BCUT2D eigenvalue weighted by Gasteiger charge is -2.34. The molecular formula is C23H30N4O. The van der Waals surface area contributed by atoms with E-state index in [0.29, 0.717) is 11.7 Å². The fourth-order valence-corrected chi connectivity index (χ4v) is 3.22. The van der Waals surface area contributed by atoms with Crippen molar-refractivity contribution in [3.63, 3.8) is 0 Å². The molecule has 1 aromatic carbocycles. The van der Waals surface area contributed by atoms with Gasteiger partial charge in [0.2, 0.25) is 0 Å². The van der Waals surface area contributed by atoms with Crippen LogP contribution in [0.5, 0.6) is 0 Å². The molecule has 28 heavy (non-hydrogen) atoms. The molecule has 1 amide bonds. The Kier molecular flexibility index (Phi) is 7.20. The third-order valence-electron chi connectivity index (χ3n) is 5.14. The first-order valence-electron chi connectivity index (χ1n) is 10.1. The fourth-order valence-electron chi connectivity index (χ4n) is 3.22. The summed E-state index contributed by atoms with van der Waals surface area (Å²) in [6.45, 7) is 8.42. The van der Waals surface area contributed by atoms with E-state index in [4.69, 9.17) is 0 Å². The third kappa shape index (κ3) is 5.67. The molecule has 0 radical (unpaired) electrons. The van der Waals surface area contributed by atoms with Crippen molar-refractivity contribution >= 4 is 17.7 Å². The molecule has 1 aromatic heterocycles. The van der Waals surface area contributed by atoms with Gasteiger partial charge in [-0.1, -0.05) is 49.4 Å². The van der Waals surface area contributed by atoms with Crippen LogP contribution in [0.3, 0.4) is 0 Å². The maximum absolute atomic E-state index is 12.8. The molecule has 1 fully saturated rings. The number of carbonyl (C=O) groups is 1. The minimum atomic E-state index is 0.0206. The van der Waals surface area contributed by atoms with Crippen molar-refractivity contribution in [3.05, 3.63) is 66.0 Å². The summed E-state index contributed by atoms with van der Waals surface area (Å²) in [5.41, 5.74) is 2.69. The molecule has 1 saturated heterocycles. The normalized spacial score (nSPS) is 16.3. The molecule has 148 valence electrons. The molecule has 0 aliphatic carbocycles. The van der Waals surface area contributed by atoms with E-state index < -0.39 is 0 Å². The van der Waals surface area contributed by atoms with Crippen molar-refractivity contribution in [1.82, 2.24) is 14.8 Å². The van der Waals surface area contributed by atoms with E-state index in [-0.39, 0.29) is 5.91 Å². The van der Waals surface area contributed by atoms with E-state index >= 15 is 0 Å². The number of aromatic nitrogens is 1. The lowest BCUT2D eigenvalue weighted by Crippen LogP contribution is -2.48. The van der Waals surface area contributed by atoms with Gasteiger partial charge < -0.3 is 10.2 Å². The highest BCUT2D eigenvalue weighted by molar-refractivity contribution is 5.93. The van der Waals surface area contributed by atoms with E-state index in [9.17, 15) is 4.79 Å². The van der Waals surface area contributed by atoms with E-state index in [1.165, 1.54) is 5.56 Å². The minimum absolute atomic E-state index is 0.0206. The van der Waals surface area contributed by atoms with Crippen LogP contribution in [0.4, 0.5) is 5.69 Å². The molecule has 3 rings (SSSR count). The van der Waals surface area contributed by atoms with E-state index in [1.54, 1.807) is 6.20 Å². The summed E-state index contributed by atoms with van der Waals surface area (Å²) in [4.78, 5) is 21.4. The number of rotatable bonds is 7. The zero-order valence-electron chi connectivity index (χ0n) is 16.8. The highest BCUT2D eigenvalue weighted by atomic mass is 16.2. The molecule has 1 N–H and O–H groups in total. The number of pyridine rings is 1. The molecule has 2 heterocycles. The summed E-state index contributed by atoms with van der Waals surface area (Å²) in [6.07, 6.45) is 7.09. The zero-order chi connectivity index (χ0) is 19.8. The number of nitrogens with zero attached hydrogens (tertiary/aromatic N) is 3. The number of carbonyl (C=O) groups excluding carboxylic acids is 1. The molecule has 0 spiro atoms. The van der Waals surface area contributed by atoms with Crippen LogP contribution in [0.1, 0.15) is 36.3 Å². The summed E-state index contributed by atoms with van der Waals surface area (Å²) in [5.74, 6) is 0.0206. The van der Waals surface area contributed by atoms with Crippen LogP contribution in [-0.4, -0.2) is 59.5 Å². The number of piperazine rings is 1. The predicted octanol–water partition coefficient (Wildman–Crippen LogP) is 3.76. The molecule has 5 heteroatoms. The Labute approximate surface area is 168 Å². The van der Waals surface area contributed by atoms with Gasteiger partial charge in [0, 0.05) is 50.6 Å². The van der Waals surface area contributed by atoms with Gasteiger partial charge >= 0.3 is 0 Å². The largest absolute Gasteiger partial charge is 0.382 e. The van der Waals surface area contributed by atoms with Crippen LogP contribution < -0.4 is 5.32 Å². The summed E-state index contributed by atoms with van der Waals surface area (Å²) in [6, 6.07) is 14.5. The molecule has 1 atom stereocenters. The summed E-state index contributed by atoms with van der Waals surface area (Å²) < 4.78 is 0. The molecule has 5 nitrogen and oxygen atoms in total. The number of hydrogen-bond acceptors (Lipinski definition) is 4. The highest BCUT2D eigenvalue weighted by Crippen LogP contribution is 2.14. The quantitative estimate of drug-likeness (QED) is 0.797. The lowest BCUT2D eigenvalue weighted by molar-refractivity contribution is 0.0644. The topological polar surface area (TPSA) is 48.5 Å². The standard InChI is InChI=1S/C23H30N4O/c1-3-19(2)25-21-11-12-24-22(18-21)23(28)27-16-14-26(15-17-27)13-7-10-20-8-5-4-6-9-20/h4-12,18-19H,3,13-17H2,1-2H3,(H,24,25)/b10-7+. The second kappa shape index (κ2) is 10.0. The van der Waals surface area contributed by atoms with Crippen LogP contribution in [0, 0.1) is 0 Å². The van der Waals surface area contributed by atoms with Crippen LogP contribution in [0.25, 0.3) is 6.08 Å². The van der Waals surface area contributed by atoms with Gasteiger partial charge in [-0.25, -0.2) is 0 Å². The van der Waals surface area contributed by atoms with Gasteiger partial charge in [0.1, 0.15) is 5.69 Å². The Hall–Kier alpha value is -2.66. The van der Waals surface area contributed by atoms with Crippen LogP contribution in [-0.2, 0) is 0 Å². The van der Waals surface area contributed by atoms with Crippen LogP contribution in [0.2, 0.25) is 0 Å². The van der Waals surface area contributed by atoms with E-state index in [1.807, 2.05) is 35.2 Å². The SMILES string of the molecule is CCC(C)Nc1ccnc(C(=O)N2CCN(C/C=C/c3ccccc3)CC2)c1. The Morgan fingerprint density at radius 3 is 2.64 bits per heavy atom. The fraction of sp³-hybridized carbons (Fsp3) is 0.391. The molecule has 1 unspecified atom stereocenters. The smallest absolute Gasteiger partial charge is 0.272 e. The first-order valence-corrected chi connectivity index (χ1v) is 10.1. The third-order valence-corrected chi connectivity index (χ3v) is 5.14. The molecule has 2 aromatic rings. The minimum Gasteiger partial charge on any atom is -0.382 e. The molecule has 0 saturated carbocycles. The number of amides is 1. The van der Waals surface area contributed by atoms with Crippen molar-refractivity contribution in [2.24, 2.45) is 0 Å². The van der Waals surface area contributed by atoms with Gasteiger partial charge in [-0.15, -0.1) is 0 Å². The van der Waals surface area contributed by atoms with E-state index in [0.717, 1.165) is 44.8 Å². The van der Waals surface area contributed by atoms with Gasteiger partial charge in [-0.05, 0) is 31.0 Å². The van der Waals surface area contributed by atoms with Gasteiger partial charge in [-0.3, -0.25) is 14.7 Å². The number of nitrogens with one attached hydrogen (secondary N) is 1. The van der Waals surface area contributed by atoms with Crippen LogP contribution in [0.15, 0.2) is 54.7 Å². The maximum Gasteiger partial charge on any atom is 0.272 e. The van der Waals surface area contributed by atoms with Crippen molar-refractivity contribution in [2.45, 2.75) is 26.3 Å². The lowest BCUT2D eigenvalue weighted by atomic mass is 10.2. The molecule has 0 bridgehead atoms. The van der Waals surface area contributed by atoms with Gasteiger partial charge in [0.25, 0.3) is 5.91 Å². The molecule has 1 aliphatic rings. The second-order valence-electron chi connectivity index (χ2n) is 7.29. The number of benzene rings is 1. The van der Waals surface area contributed by atoms with Gasteiger partial charge in [-0.2, -0.15) is 0 Å². The number of anilines is 1. The average Bonchev–Trinajstić information content (AvgIpc) is 2.74.